The summed E-state index contributed by atoms with van der Waals surface area (Å²) in [6.07, 6.45) is 0. The first-order valence-electron chi connectivity index (χ1n) is 3.94. The van der Waals surface area contributed by atoms with Crippen LogP contribution in [-0.2, 0) is 10.4 Å². The molecular weight excluding hydrogens is 206 g/mol. The molecule has 0 atom stereocenters. The number of hydrogen-bond donors (Lipinski definition) is 0. The molecule has 76 valence electrons. The number of rotatable bonds is 1. The molecule has 1 aromatic rings. The third kappa shape index (κ3) is 1.37. The van der Waals surface area contributed by atoms with Gasteiger partial charge < -0.3 is 13.3 Å². The lowest BCUT2D eigenvalue weighted by Gasteiger charge is -2.13. The molecule has 6 heteroatoms. The molecule has 0 fully saturated rings. The Hall–Kier alpha value is -1.43. The molecule has 14 heavy (non-hydrogen) atoms. The van der Waals surface area contributed by atoms with Gasteiger partial charge in [-0.25, -0.2) is 0 Å². The van der Waals surface area contributed by atoms with Crippen LogP contribution in [-0.4, -0.2) is 22.5 Å². The fourth-order valence-corrected chi connectivity index (χ4v) is 1.99. The first-order valence-corrected chi connectivity index (χ1v) is 5.27. The molecule has 0 aromatic heterocycles. The van der Waals surface area contributed by atoms with Crippen LogP contribution in [0.5, 0.6) is 11.5 Å². The Morgan fingerprint density at radius 3 is 2.57 bits per heavy atom. The van der Waals surface area contributed by atoms with E-state index in [1.807, 2.05) is 0 Å². The van der Waals surface area contributed by atoms with Crippen molar-refractivity contribution in [3.8, 4) is 11.5 Å². The minimum atomic E-state index is -3.89. The van der Waals surface area contributed by atoms with Crippen LogP contribution in [0.4, 0.5) is 5.69 Å². The Morgan fingerprint density at radius 2 is 1.93 bits per heavy atom. The molecule has 1 aliphatic heterocycles. The van der Waals surface area contributed by atoms with Gasteiger partial charge in [-0.2, -0.15) is 0 Å². The molecule has 5 nitrogen and oxygen atoms in total. The number of para-hydroxylation sites is 1. The number of hydrogen-bond acceptors (Lipinski definition) is 5. The van der Waals surface area contributed by atoms with Crippen molar-refractivity contribution in [3.63, 3.8) is 0 Å². The zero-order chi connectivity index (χ0) is 10.3. The van der Waals surface area contributed by atoms with Crippen LogP contribution in [0.25, 0.3) is 0 Å². The molecule has 0 spiro atoms. The summed E-state index contributed by atoms with van der Waals surface area (Å²) < 4.78 is 31.3. The van der Waals surface area contributed by atoms with Crippen molar-refractivity contribution in [1.82, 2.24) is 0 Å². The van der Waals surface area contributed by atoms with Gasteiger partial charge in [-0.1, -0.05) is 6.07 Å². The number of benzene rings is 1. The number of anilines is 1. The standard InChI is InChI=1S/C8H9NO4S/c1-9(2)6-4-3-5-7-8(6)13-14(10,11)12-7/h3-5H,1-2H3. The average molecular weight is 215 g/mol. The predicted octanol–water partition coefficient (Wildman–Crippen LogP) is 0.769. The molecule has 0 unspecified atom stereocenters. The normalized spacial score (nSPS) is 16.7. The Labute approximate surface area is 82.2 Å². The van der Waals surface area contributed by atoms with Gasteiger partial charge in [-0.15, -0.1) is 8.42 Å². The lowest BCUT2D eigenvalue weighted by atomic mass is 10.2. The minimum Gasteiger partial charge on any atom is -0.375 e. The van der Waals surface area contributed by atoms with Gasteiger partial charge in [-0.3, -0.25) is 0 Å². The van der Waals surface area contributed by atoms with Crippen molar-refractivity contribution in [1.29, 1.82) is 0 Å². The Morgan fingerprint density at radius 1 is 1.21 bits per heavy atom. The molecule has 1 aliphatic rings. The van der Waals surface area contributed by atoms with E-state index in [1.165, 1.54) is 0 Å². The quantitative estimate of drug-likeness (QED) is 0.692. The van der Waals surface area contributed by atoms with Gasteiger partial charge in [0.1, 0.15) is 0 Å². The van der Waals surface area contributed by atoms with E-state index in [1.54, 1.807) is 37.2 Å². The highest BCUT2D eigenvalue weighted by atomic mass is 32.3. The van der Waals surface area contributed by atoms with Crippen molar-refractivity contribution < 1.29 is 16.8 Å². The van der Waals surface area contributed by atoms with E-state index in [0.29, 0.717) is 5.69 Å². The van der Waals surface area contributed by atoms with Crippen LogP contribution in [0.2, 0.25) is 0 Å². The molecular formula is C8H9NO4S. The lowest BCUT2D eigenvalue weighted by molar-refractivity contribution is 0.436. The minimum absolute atomic E-state index is 0.233. The maximum Gasteiger partial charge on any atom is 0.501 e. The summed E-state index contributed by atoms with van der Waals surface area (Å²) in [6, 6.07) is 5.01. The summed E-state index contributed by atoms with van der Waals surface area (Å²) in [7, 11) is -0.297. The maximum atomic E-state index is 11.0. The molecule has 1 aromatic carbocycles. The summed E-state index contributed by atoms with van der Waals surface area (Å²) in [5.74, 6) is 0.480. The van der Waals surface area contributed by atoms with Crippen LogP contribution in [0.15, 0.2) is 18.2 Å². The van der Waals surface area contributed by atoms with Crippen molar-refractivity contribution in [3.05, 3.63) is 18.2 Å². The monoisotopic (exact) mass is 215 g/mol. The third-order valence-electron chi connectivity index (χ3n) is 1.82. The molecule has 0 saturated carbocycles. The molecule has 0 amide bonds. The fraction of sp³-hybridized carbons (Fsp3) is 0.250. The zero-order valence-corrected chi connectivity index (χ0v) is 8.54. The van der Waals surface area contributed by atoms with E-state index in [9.17, 15) is 8.42 Å². The van der Waals surface area contributed by atoms with Crippen LogP contribution >= 0.6 is 0 Å². The van der Waals surface area contributed by atoms with Crippen LogP contribution in [0.1, 0.15) is 0 Å². The van der Waals surface area contributed by atoms with E-state index in [2.05, 4.69) is 4.18 Å². The first-order chi connectivity index (χ1) is 6.49. The summed E-state index contributed by atoms with van der Waals surface area (Å²) in [4.78, 5) is 1.75. The highest BCUT2D eigenvalue weighted by molar-refractivity contribution is 7.82. The largest absolute Gasteiger partial charge is 0.501 e. The summed E-state index contributed by atoms with van der Waals surface area (Å²) in [5, 5.41) is 0. The summed E-state index contributed by atoms with van der Waals surface area (Å²) >= 11 is 0. The van der Waals surface area contributed by atoms with Crippen molar-refractivity contribution in [2.45, 2.75) is 0 Å². The van der Waals surface area contributed by atoms with E-state index in [0.717, 1.165) is 0 Å². The van der Waals surface area contributed by atoms with Gasteiger partial charge in [0.25, 0.3) is 0 Å². The number of nitrogens with zero attached hydrogens (tertiary/aromatic N) is 1. The number of fused-ring (bicyclic) bond motifs is 1. The second kappa shape index (κ2) is 2.78. The molecule has 0 bridgehead atoms. The van der Waals surface area contributed by atoms with Crippen molar-refractivity contribution in [2.24, 2.45) is 0 Å². The fourth-order valence-electron chi connectivity index (χ4n) is 1.23. The molecule has 1 heterocycles. The highest BCUT2D eigenvalue weighted by Gasteiger charge is 2.31. The summed E-state index contributed by atoms with van der Waals surface area (Å²) in [6.45, 7) is 0. The first kappa shape index (κ1) is 9.14. The van der Waals surface area contributed by atoms with Gasteiger partial charge in [0.15, 0.2) is 5.75 Å². The smallest absolute Gasteiger partial charge is 0.375 e. The summed E-state index contributed by atoms with van der Waals surface area (Å²) in [5.41, 5.74) is 0.670. The van der Waals surface area contributed by atoms with E-state index in [-0.39, 0.29) is 11.5 Å². The lowest BCUT2D eigenvalue weighted by Crippen LogP contribution is -2.11. The van der Waals surface area contributed by atoms with Crippen LogP contribution in [0, 0.1) is 0 Å². The van der Waals surface area contributed by atoms with Crippen LogP contribution < -0.4 is 13.3 Å². The predicted molar refractivity (Wildman–Crippen MR) is 50.9 cm³/mol. The molecule has 2 rings (SSSR count). The maximum absolute atomic E-state index is 11.0. The van der Waals surface area contributed by atoms with Gasteiger partial charge >= 0.3 is 10.4 Å². The molecule has 0 N–H and O–H groups in total. The zero-order valence-electron chi connectivity index (χ0n) is 7.72. The van der Waals surface area contributed by atoms with E-state index >= 15 is 0 Å². The van der Waals surface area contributed by atoms with Gasteiger partial charge in [-0.05, 0) is 12.1 Å². The van der Waals surface area contributed by atoms with E-state index < -0.39 is 10.4 Å². The van der Waals surface area contributed by atoms with Gasteiger partial charge in [0.2, 0.25) is 5.75 Å². The third-order valence-corrected chi connectivity index (χ3v) is 2.57. The second-order valence-electron chi connectivity index (χ2n) is 3.07. The second-order valence-corrected chi connectivity index (χ2v) is 4.22. The topological polar surface area (TPSA) is 55.8 Å². The molecule has 0 saturated heterocycles. The SMILES string of the molecule is CN(C)c1cccc2c1OS(=O)(=O)O2. The van der Waals surface area contributed by atoms with Gasteiger partial charge in [0, 0.05) is 14.1 Å². The Kier molecular flexibility index (Phi) is 1.81. The Bertz CT molecular complexity index is 466. The average Bonchev–Trinajstić information content (AvgIpc) is 2.36. The van der Waals surface area contributed by atoms with Crippen LogP contribution in [0.3, 0.4) is 0 Å². The van der Waals surface area contributed by atoms with E-state index in [4.69, 9.17) is 4.18 Å². The van der Waals surface area contributed by atoms with Crippen molar-refractivity contribution >= 4 is 16.1 Å². The van der Waals surface area contributed by atoms with Gasteiger partial charge in [0.05, 0.1) is 5.69 Å². The van der Waals surface area contributed by atoms with Crippen molar-refractivity contribution in [2.75, 3.05) is 19.0 Å². The molecule has 0 aliphatic carbocycles. The highest BCUT2D eigenvalue weighted by Crippen LogP contribution is 2.42. The Balaban J connectivity index is 2.57. The molecule has 0 radical (unpaired) electrons.